The Bertz CT molecular complexity index is 1380. The zero-order valence-corrected chi connectivity index (χ0v) is 21.0. The van der Waals surface area contributed by atoms with Crippen molar-refractivity contribution >= 4 is 34.6 Å². The summed E-state index contributed by atoms with van der Waals surface area (Å²) in [6, 6.07) is 16.8. The number of rotatable bonds is 11. The number of aliphatic carboxylic acids is 1. The van der Waals surface area contributed by atoms with Crippen LogP contribution in [0.5, 0.6) is 17.2 Å². The van der Waals surface area contributed by atoms with E-state index >= 15 is 0 Å². The Morgan fingerprint density at radius 3 is 2.50 bits per heavy atom. The summed E-state index contributed by atoms with van der Waals surface area (Å²) in [5.74, 6) is 0.850. The topological polar surface area (TPSA) is 104 Å². The van der Waals surface area contributed by atoms with Crippen LogP contribution in [0.2, 0.25) is 0 Å². The van der Waals surface area contributed by atoms with Crippen molar-refractivity contribution in [2.24, 2.45) is 0 Å². The van der Waals surface area contributed by atoms with E-state index in [2.05, 4.69) is 17.1 Å². The lowest BCUT2D eigenvalue weighted by atomic mass is 10.0. The van der Waals surface area contributed by atoms with Crippen LogP contribution in [-0.4, -0.2) is 42.1 Å². The number of fused-ring (bicyclic) bond motifs is 1. The number of unbranched alkanes of at least 4 members (excludes halogenated alkanes) is 1. The number of hydrogen-bond donors (Lipinski definition) is 1. The molecule has 36 heavy (non-hydrogen) atoms. The molecule has 0 unspecified atom stereocenters. The first-order chi connectivity index (χ1) is 17.5. The molecule has 0 atom stereocenters. The number of carbonyl (C=O) groups is 1. The summed E-state index contributed by atoms with van der Waals surface area (Å²) in [6.45, 7) is 2.63. The normalized spacial score (nSPS) is 11.5. The average molecular weight is 507 g/mol. The number of methoxy groups -OCH3 is 2. The monoisotopic (exact) mass is 506 g/mol. The largest absolute Gasteiger partial charge is 0.497 e. The molecule has 0 spiro atoms. The molecule has 0 aliphatic carbocycles. The fourth-order valence-corrected chi connectivity index (χ4v) is 4.19. The molecule has 1 N–H and O–H groups in total. The zero-order chi connectivity index (χ0) is 25.5. The maximum Gasteiger partial charge on any atom is 0.342 e. The zero-order valence-electron chi connectivity index (χ0n) is 20.2. The summed E-state index contributed by atoms with van der Waals surface area (Å²) in [6.07, 6.45) is 3.49. The summed E-state index contributed by atoms with van der Waals surface area (Å²) >= 11 is 0.876. The minimum absolute atomic E-state index is 0.0186. The number of carboxylic acids is 1. The highest BCUT2D eigenvalue weighted by Gasteiger charge is 2.19. The van der Waals surface area contributed by atoms with Gasteiger partial charge in [-0.25, -0.2) is 4.79 Å². The van der Waals surface area contributed by atoms with Crippen molar-refractivity contribution in [3.63, 3.8) is 0 Å². The molecule has 9 heteroatoms. The molecule has 0 aliphatic rings. The van der Waals surface area contributed by atoms with E-state index in [0.29, 0.717) is 35.0 Å². The number of hydrogen-bond acceptors (Lipinski definition) is 8. The molecule has 0 amide bonds. The van der Waals surface area contributed by atoms with E-state index in [1.54, 1.807) is 38.5 Å². The summed E-state index contributed by atoms with van der Waals surface area (Å²) in [5, 5.41) is 20.1. The number of thioether (sulfide) groups is 1. The fourth-order valence-electron chi connectivity index (χ4n) is 3.54. The Morgan fingerprint density at radius 2 is 1.81 bits per heavy atom. The molecular formula is C27H26N2O6S. The third-order valence-corrected chi connectivity index (χ3v) is 6.23. The highest BCUT2D eigenvalue weighted by atomic mass is 32.2. The van der Waals surface area contributed by atoms with Crippen molar-refractivity contribution in [3.05, 3.63) is 65.1 Å². The van der Waals surface area contributed by atoms with Gasteiger partial charge in [0.1, 0.15) is 22.2 Å². The highest BCUT2D eigenvalue weighted by Crippen LogP contribution is 2.36. The lowest BCUT2D eigenvalue weighted by Crippen LogP contribution is -2.01. The molecule has 0 radical (unpaired) electrons. The molecule has 0 aliphatic heterocycles. The molecule has 1 aromatic heterocycles. The van der Waals surface area contributed by atoms with Gasteiger partial charge in [0.15, 0.2) is 0 Å². The highest BCUT2D eigenvalue weighted by molar-refractivity contribution is 8.03. The summed E-state index contributed by atoms with van der Waals surface area (Å²) < 4.78 is 22.4. The van der Waals surface area contributed by atoms with Crippen molar-refractivity contribution in [1.29, 1.82) is 0 Å². The summed E-state index contributed by atoms with van der Waals surface area (Å²) in [4.78, 5) is 12.2. The summed E-state index contributed by atoms with van der Waals surface area (Å²) in [5.41, 5.74) is 1.28. The van der Waals surface area contributed by atoms with E-state index in [1.807, 2.05) is 36.4 Å². The van der Waals surface area contributed by atoms with E-state index < -0.39 is 5.97 Å². The van der Waals surface area contributed by atoms with E-state index in [1.165, 1.54) is 0 Å². The molecule has 3 aromatic carbocycles. The van der Waals surface area contributed by atoms with Crippen LogP contribution < -0.4 is 14.2 Å². The van der Waals surface area contributed by atoms with Crippen LogP contribution in [0.4, 0.5) is 0 Å². The number of carboxylic acid groups (broad SMARTS) is 1. The number of aromatic nitrogens is 2. The quantitative estimate of drug-likeness (QED) is 0.142. The van der Waals surface area contributed by atoms with Crippen molar-refractivity contribution < 1.29 is 28.5 Å². The van der Waals surface area contributed by atoms with E-state index in [9.17, 15) is 9.90 Å². The molecular weight excluding hydrogens is 480 g/mol. The van der Waals surface area contributed by atoms with Crippen LogP contribution in [0.15, 0.2) is 69.1 Å². The van der Waals surface area contributed by atoms with Crippen LogP contribution in [-0.2, 0) is 4.79 Å². The first-order valence-electron chi connectivity index (χ1n) is 11.4. The van der Waals surface area contributed by atoms with Gasteiger partial charge in [-0.3, -0.25) is 0 Å². The van der Waals surface area contributed by atoms with Gasteiger partial charge in [0, 0.05) is 17.2 Å². The average Bonchev–Trinajstić information content (AvgIpc) is 3.37. The molecule has 0 fully saturated rings. The SMILES string of the molecule is CCCCOc1ccc2ccccc2c1/C=C(\Sc1nnc(-c2cc(OC)cc(OC)c2)o1)C(=O)O. The molecule has 0 saturated heterocycles. The van der Waals surface area contributed by atoms with Crippen LogP contribution in [0.1, 0.15) is 25.3 Å². The standard InChI is InChI=1S/C27H26N2O6S/c1-4-5-12-34-23-11-10-17-8-6-7-9-21(17)22(23)16-24(26(30)31)36-27-29-28-25(35-27)18-13-19(32-2)15-20(14-18)33-3/h6-11,13-16H,4-5,12H2,1-3H3,(H,30,31)/b24-16-. The van der Waals surface area contributed by atoms with Crippen LogP contribution >= 0.6 is 11.8 Å². The molecule has 1 heterocycles. The molecule has 8 nitrogen and oxygen atoms in total. The van der Waals surface area contributed by atoms with Crippen molar-refractivity contribution in [3.8, 4) is 28.7 Å². The Hall–Kier alpha value is -3.98. The van der Waals surface area contributed by atoms with Gasteiger partial charge in [0.05, 0.1) is 20.8 Å². The molecule has 186 valence electrons. The lowest BCUT2D eigenvalue weighted by Gasteiger charge is -2.12. The molecule has 4 rings (SSSR count). The summed E-state index contributed by atoms with van der Waals surface area (Å²) in [7, 11) is 3.09. The fraction of sp³-hybridized carbons (Fsp3) is 0.222. The van der Waals surface area contributed by atoms with Gasteiger partial charge in [-0.15, -0.1) is 10.2 Å². The first-order valence-corrected chi connectivity index (χ1v) is 12.2. The van der Waals surface area contributed by atoms with Gasteiger partial charge < -0.3 is 23.7 Å². The molecule has 4 aromatic rings. The maximum atomic E-state index is 12.2. The Kier molecular flexibility index (Phi) is 8.12. The van der Waals surface area contributed by atoms with Gasteiger partial charge in [0.25, 0.3) is 5.22 Å². The van der Waals surface area contributed by atoms with E-state index in [-0.39, 0.29) is 16.0 Å². The molecule has 0 saturated carbocycles. The number of ether oxygens (including phenoxy) is 3. The van der Waals surface area contributed by atoms with E-state index in [4.69, 9.17) is 18.6 Å². The Morgan fingerprint density at radius 1 is 1.06 bits per heavy atom. The smallest absolute Gasteiger partial charge is 0.342 e. The molecule has 0 bridgehead atoms. The third kappa shape index (κ3) is 5.80. The minimum Gasteiger partial charge on any atom is -0.497 e. The van der Waals surface area contributed by atoms with E-state index in [0.717, 1.165) is 35.4 Å². The van der Waals surface area contributed by atoms with Crippen molar-refractivity contribution in [1.82, 2.24) is 10.2 Å². The van der Waals surface area contributed by atoms with Gasteiger partial charge in [-0.05, 0) is 53.2 Å². The van der Waals surface area contributed by atoms with Gasteiger partial charge in [-0.2, -0.15) is 0 Å². The van der Waals surface area contributed by atoms with Gasteiger partial charge >= 0.3 is 5.97 Å². The number of nitrogens with zero attached hydrogens (tertiary/aromatic N) is 2. The van der Waals surface area contributed by atoms with Gasteiger partial charge in [-0.1, -0.05) is 43.7 Å². The first kappa shape index (κ1) is 25.1. The lowest BCUT2D eigenvalue weighted by molar-refractivity contribution is -0.131. The van der Waals surface area contributed by atoms with Crippen LogP contribution in [0.25, 0.3) is 28.3 Å². The van der Waals surface area contributed by atoms with Crippen molar-refractivity contribution in [2.45, 2.75) is 25.0 Å². The Balaban J connectivity index is 1.69. The maximum absolute atomic E-state index is 12.2. The predicted molar refractivity (Wildman–Crippen MR) is 139 cm³/mol. The second-order valence-corrected chi connectivity index (χ2v) is 8.78. The Labute approximate surface area is 212 Å². The van der Waals surface area contributed by atoms with Gasteiger partial charge in [0.2, 0.25) is 5.89 Å². The van der Waals surface area contributed by atoms with Crippen molar-refractivity contribution in [2.75, 3.05) is 20.8 Å². The second kappa shape index (κ2) is 11.6. The van der Waals surface area contributed by atoms with Crippen LogP contribution in [0.3, 0.4) is 0 Å². The number of benzene rings is 3. The third-order valence-electron chi connectivity index (χ3n) is 5.37. The van der Waals surface area contributed by atoms with Crippen LogP contribution in [0, 0.1) is 0 Å². The second-order valence-electron chi connectivity index (χ2n) is 7.79. The minimum atomic E-state index is -1.12. The predicted octanol–water partition coefficient (Wildman–Crippen LogP) is 6.30.